The van der Waals surface area contributed by atoms with Crippen LogP contribution in [0.3, 0.4) is 0 Å². The molecule has 4 nitrogen and oxygen atoms in total. The van der Waals surface area contributed by atoms with Crippen LogP contribution in [0, 0.1) is 0 Å². The van der Waals surface area contributed by atoms with E-state index in [0.29, 0.717) is 0 Å². The number of hydrogen-bond acceptors (Lipinski definition) is 2. The molecule has 0 radical (unpaired) electrons. The highest BCUT2D eigenvalue weighted by molar-refractivity contribution is 5.26. The third kappa shape index (κ3) is 3.14. The molecule has 0 aliphatic rings. The number of hydrogen-bond donors (Lipinski definition) is 0. The van der Waals surface area contributed by atoms with Gasteiger partial charge in [-0.2, -0.15) is 13.2 Å². The largest absolute Gasteiger partial charge is 0.416 e. The maximum Gasteiger partial charge on any atom is 0.416 e. The van der Waals surface area contributed by atoms with E-state index in [-0.39, 0.29) is 18.5 Å². The summed E-state index contributed by atoms with van der Waals surface area (Å²) in [6.07, 6.45) is -2.14. The molecule has 80 valence electrons. The fourth-order valence-electron chi connectivity index (χ4n) is 1.12. The van der Waals surface area contributed by atoms with E-state index in [2.05, 4.69) is 15.0 Å². The molecule has 0 saturated carbocycles. The zero-order chi connectivity index (χ0) is 11.3. The fraction of sp³-hybridized carbons (Fsp3) is 0.375. The van der Waals surface area contributed by atoms with Crippen LogP contribution in [0.5, 0.6) is 0 Å². The number of azide groups is 1. The van der Waals surface area contributed by atoms with Crippen molar-refractivity contribution < 1.29 is 13.2 Å². The summed E-state index contributed by atoms with van der Waals surface area (Å²) < 4.78 is 37.3. The molecule has 1 heterocycles. The molecule has 1 aromatic heterocycles. The fourth-order valence-corrected chi connectivity index (χ4v) is 1.12. The van der Waals surface area contributed by atoms with Crippen molar-refractivity contribution in [3.8, 4) is 0 Å². The van der Waals surface area contributed by atoms with Crippen LogP contribution in [-0.4, -0.2) is 11.5 Å². The van der Waals surface area contributed by atoms with Gasteiger partial charge in [0.05, 0.1) is 5.56 Å². The SMILES string of the molecule is [N-]=[N+]=NCCc1cnccc1C(F)(F)F. The molecular formula is C8H7F3N4. The second-order valence-electron chi connectivity index (χ2n) is 2.74. The summed E-state index contributed by atoms with van der Waals surface area (Å²) in [4.78, 5) is 6.07. The van der Waals surface area contributed by atoms with Gasteiger partial charge in [-0.05, 0) is 23.6 Å². The lowest BCUT2D eigenvalue weighted by Gasteiger charge is -2.10. The van der Waals surface area contributed by atoms with Gasteiger partial charge in [-0.25, -0.2) is 0 Å². The molecule has 15 heavy (non-hydrogen) atoms. The lowest BCUT2D eigenvalue weighted by atomic mass is 10.1. The van der Waals surface area contributed by atoms with Crippen molar-refractivity contribution in [3.05, 3.63) is 40.0 Å². The molecular weight excluding hydrogens is 209 g/mol. The number of rotatable bonds is 3. The molecule has 0 aromatic carbocycles. The van der Waals surface area contributed by atoms with Gasteiger partial charge in [-0.15, -0.1) is 0 Å². The molecule has 0 aliphatic heterocycles. The summed E-state index contributed by atoms with van der Waals surface area (Å²) in [6, 6.07) is 0.908. The monoisotopic (exact) mass is 216 g/mol. The first-order valence-electron chi connectivity index (χ1n) is 4.06. The smallest absolute Gasteiger partial charge is 0.264 e. The van der Waals surface area contributed by atoms with Crippen LogP contribution in [0.25, 0.3) is 10.4 Å². The molecule has 0 bridgehead atoms. The Hall–Kier alpha value is -1.75. The first-order chi connectivity index (χ1) is 7.05. The molecule has 0 amide bonds. The minimum Gasteiger partial charge on any atom is -0.264 e. The van der Waals surface area contributed by atoms with Gasteiger partial charge >= 0.3 is 6.18 Å². The van der Waals surface area contributed by atoms with E-state index >= 15 is 0 Å². The summed E-state index contributed by atoms with van der Waals surface area (Å²) in [5.74, 6) is 0. The van der Waals surface area contributed by atoms with Crippen LogP contribution in [0.1, 0.15) is 11.1 Å². The standard InChI is InChI=1S/C8H7F3N4/c9-8(10,11)7-2-3-13-5-6(7)1-4-14-15-12/h2-3,5H,1,4H2. The van der Waals surface area contributed by atoms with Crippen molar-refractivity contribution in [1.82, 2.24) is 4.98 Å². The second-order valence-corrected chi connectivity index (χ2v) is 2.74. The van der Waals surface area contributed by atoms with Gasteiger partial charge in [0, 0.05) is 23.9 Å². The third-order valence-corrected chi connectivity index (χ3v) is 1.75. The molecule has 0 aliphatic carbocycles. The van der Waals surface area contributed by atoms with Crippen LogP contribution in [-0.2, 0) is 12.6 Å². The summed E-state index contributed by atoms with van der Waals surface area (Å²) in [5.41, 5.74) is 7.30. The predicted molar refractivity (Wildman–Crippen MR) is 47.0 cm³/mol. The number of nitrogens with zero attached hydrogens (tertiary/aromatic N) is 4. The highest BCUT2D eigenvalue weighted by atomic mass is 19.4. The Kier molecular flexibility index (Phi) is 3.51. The van der Waals surface area contributed by atoms with Gasteiger partial charge < -0.3 is 0 Å². The lowest BCUT2D eigenvalue weighted by molar-refractivity contribution is -0.138. The molecule has 1 aromatic rings. The van der Waals surface area contributed by atoms with Crippen molar-refractivity contribution in [1.29, 1.82) is 0 Å². The topological polar surface area (TPSA) is 61.7 Å². The summed E-state index contributed by atoms with van der Waals surface area (Å²) >= 11 is 0. The van der Waals surface area contributed by atoms with Gasteiger partial charge in [-0.1, -0.05) is 5.11 Å². The molecule has 7 heteroatoms. The Morgan fingerprint density at radius 2 is 2.20 bits per heavy atom. The van der Waals surface area contributed by atoms with E-state index in [9.17, 15) is 13.2 Å². The highest BCUT2D eigenvalue weighted by Gasteiger charge is 2.32. The summed E-state index contributed by atoms with van der Waals surface area (Å²) in [6.45, 7) is -0.00866. The van der Waals surface area contributed by atoms with Gasteiger partial charge in [-0.3, -0.25) is 4.98 Å². The lowest BCUT2D eigenvalue weighted by Crippen LogP contribution is -2.10. The number of halogens is 3. The Balaban J connectivity index is 2.91. The molecule has 1 rings (SSSR count). The summed E-state index contributed by atoms with van der Waals surface area (Å²) in [5, 5.41) is 3.18. The predicted octanol–water partition coefficient (Wildman–Crippen LogP) is 2.95. The molecule has 0 saturated heterocycles. The quantitative estimate of drug-likeness (QED) is 0.435. The molecule has 0 fully saturated rings. The van der Waals surface area contributed by atoms with Gasteiger partial charge in [0.2, 0.25) is 0 Å². The van der Waals surface area contributed by atoms with Crippen LogP contribution in [0.4, 0.5) is 13.2 Å². The average molecular weight is 216 g/mol. The summed E-state index contributed by atoms with van der Waals surface area (Å²) in [7, 11) is 0. The van der Waals surface area contributed by atoms with E-state index < -0.39 is 11.7 Å². The Labute approximate surface area is 83.4 Å². The maximum atomic E-state index is 12.4. The molecule has 0 unspecified atom stereocenters. The molecule has 0 spiro atoms. The Morgan fingerprint density at radius 1 is 1.47 bits per heavy atom. The number of alkyl halides is 3. The van der Waals surface area contributed by atoms with Crippen molar-refractivity contribution in [2.24, 2.45) is 5.11 Å². The van der Waals surface area contributed by atoms with Crippen molar-refractivity contribution >= 4 is 0 Å². The van der Waals surface area contributed by atoms with Crippen LogP contribution >= 0.6 is 0 Å². The average Bonchev–Trinajstić information content (AvgIpc) is 2.17. The normalized spacial score (nSPS) is 10.9. The minimum atomic E-state index is -4.39. The highest BCUT2D eigenvalue weighted by Crippen LogP contribution is 2.31. The Morgan fingerprint density at radius 3 is 2.80 bits per heavy atom. The van der Waals surface area contributed by atoms with Crippen LogP contribution < -0.4 is 0 Å². The third-order valence-electron chi connectivity index (χ3n) is 1.75. The molecule has 0 N–H and O–H groups in total. The van der Waals surface area contributed by atoms with Crippen molar-refractivity contribution in [2.75, 3.05) is 6.54 Å². The van der Waals surface area contributed by atoms with Gasteiger partial charge in [0.15, 0.2) is 0 Å². The van der Waals surface area contributed by atoms with E-state index in [4.69, 9.17) is 5.53 Å². The van der Waals surface area contributed by atoms with Crippen LogP contribution in [0.2, 0.25) is 0 Å². The zero-order valence-electron chi connectivity index (χ0n) is 7.57. The Bertz CT molecular complexity index is 382. The zero-order valence-corrected chi connectivity index (χ0v) is 7.57. The first kappa shape index (κ1) is 11.3. The van der Waals surface area contributed by atoms with E-state index in [1.807, 2.05) is 0 Å². The van der Waals surface area contributed by atoms with E-state index in [1.165, 1.54) is 0 Å². The second kappa shape index (κ2) is 4.65. The maximum absolute atomic E-state index is 12.4. The van der Waals surface area contributed by atoms with Gasteiger partial charge in [0.1, 0.15) is 0 Å². The van der Waals surface area contributed by atoms with Gasteiger partial charge in [0.25, 0.3) is 0 Å². The molecule has 0 atom stereocenters. The minimum absolute atomic E-state index is 0.00866. The van der Waals surface area contributed by atoms with E-state index in [0.717, 1.165) is 18.5 Å². The first-order valence-corrected chi connectivity index (χ1v) is 4.06. The number of aromatic nitrogens is 1. The van der Waals surface area contributed by atoms with E-state index in [1.54, 1.807) is 0 Å². The van der Waals surface area contributed by atoms with Crippen molar-refractivity contribution in [2.45, 2.75) is 12.6 Å². The number of pyridine rings is 1. The van der Waals surface area contributed by atoms with Crippen LogP contribution in [0.15, 0.2) is 23.6 Å². The van der Waals surface area contributed by atoms with Crippen molar-refractivity contribution in [3.63, 3.8) is 0 Å².